The first-order valence-electron chi connectivity index (χ1n) is 25.3. The maximum Gasteiger partial charge on any atom is 0.472 e. The molecule has 0 aromatic carbocycles. The summed E-state index contributed by atoms with van der Waals surface area (Å²) in [7, 11) is 1.50. The maximum atomic E-state index is 12.7. The molecule has 0 saturated carbocycles. The van der Waals surface area contributed by atoms with Gasteiger partial charge in [-0.1, -0.05) is 226 Å². The lowest BCUT2D eigenvalue weighted by atomic mass is 10.0. The van der Waals surface area contributed by atoms with Crippen LogP contribution < -0.4 is 0 Å². The molecule has 0 amide bonds. The van der Waals surface area contributed by atoms with Gasteiger partial charge in [0, 0.05) is 12.8 Å². The minimum absolute atomic E-state index is 0.0371. The summed E-state index contributed by atoms with van der Waals surface area (Å²) >= 11 is 0. The Hall–Kier alpha value is -0.990. The quantitative estimate of drug-likeness (QED) is 0.0279. The van der Waals surface area contributed by atoms with Crippen LogP contribution in [0.5, 0.6) is 0 Å². The Labute approximate surface area is 365 Å². The summed E-state index contributed by atoms with van der Waals surface area (Å²) in [5, 5.41) is 0. The van der Waals surface area contributed by atoms with E-state index in [1.165, 1.54) is 186 Å². The number of unbranched alkanes of at least 4 members (excludes halogenated alkanes) is 33. The van der Waals surface area contributed by atoms with E-state index >= 15 is 0 Å². The van der Waals surface area contributed by atoms with Crippen LogP contribution in [0.2, 0.25) is 0 Å². The number of esters is 2. The molecular weight excluding hydrogens is 762 g/mol. The molecule has 2 atom stereocenters. The Morgan fingerprint density at radius 3 is 1.08 bits per heavy atom. The van der Waals surface area contributed by atoms with E-state index in [2.05, 4.69) is 13.8 Å². The standard InChI is InChI=1S/C49H98NO8P/c1-6-8-10-12-14-16-18-20-21-22-23-24-25-26-27-28-30-32-34-36-38-40-42-49(52)58-47(46-57-59(53,54)56-44-43-50(3,4)5)45-55-48(51)41-39-37-35-33-31-29-19-17-15-13-11-9-7-2/h47H,6-46H2,1-5H3/p+1. The maximum absolute atomic E-state index is 12.7. The van der Waals surface area contributed by atoms with Crippen molar-refractivity contribution in [2.75, 3.05) is 47.5 Å². The normalized spacial score (nSPS) is 13.4. The largest absolute Gasteiger partial charge is 0.472 e. The number of hydrogen-bond acceptors (Lipinski definition) is 7. The summed E-state index contributed by atoms with van der Waals surface area (Å²) < 4.78 is 34.4. The van der Waals surface area contributed by atoms with Crippen molar-refractivity contribution in [1.29, 1.82) is 0 Å². The molecule has 0 heterocycles. The summed E-state index contributed by atoms with van der Waals surface area (Å²) in [6.07, 6.45) is 44.4. The Bertz CT molecular complexity index is 974. The van der Waals surface area contributed by atoms with Gasteiger partial charge >= 0.3 is 19.8 Å². The second-order valence-electron chi connectivity index (χ2n) is 18.6. The number of phosphoric acid groups is 1. The van der Waals surface area contributed by atoms with Crippen molar-refractivity contribution < 1.29 is 42.1 Å². The summed E-state index contributed by atoms with van der Waals surface area (Å²) in [4.78, 5) is 35.5. The van der Waals surface area contributed by atoms with E-state index in [0.29, 0.717) is 17.4 Å². The van der Waals surface area contributed by atoms with Crippen molar-refractivity contribution in [2.45, 2.75) is 258 Å². The molecule has 0 aromatic rings. The highest BCUT2D eigenvalue weighted by atomic mass is 31.2. The minimum atomic E-state index is -4.37. The Morgan fingerprint density at radius 1 is 0.458 bits per heavy atom. The van der Waals surface area contributed by atoms with Crippen molar-refractivity contribution in [1.82, 2.24) is 0 Å². The molecule has 0 spiro atoms. The number of phosphoric ester groups is 1. The van der Waals surface area contributed by atoms with Gasteiger partial charge in [0.15, 0.2) is 6.10 Å². The lowest BCUT2D eigenvalue weighted by Gasteiger charge is -2.24. The third-order valence-electron chi connectivity index (χ3n) is 11.4. The van der Waals surface area contributed by atoms with E-state index in [0.717, 1.165) is 38.5 Å². The van der Waals surface area contributed by atoms with Gasteiger partial charge in [-0.05, 0) is 12.8 Å². The molecule has 0 aliphatic rings. The van der Waals surface area contributed by atoms with Gasteiger partial charge in [-0.2, -0.15) is 0 Å². The molecule has 0 rings (SSSR count). The molecule has 1 N–H and O–H groups in total. The molecule has 0 fully saturated rings. The summed E-state index contributed by atoms with van der Waals surface area (Å²) in [5.74, 6) is -0.780. The number of nitrogens with zero attached hydrogens (tertiary/aromatic N) is 1. The fourth-order valence-corrected chi connectivity index (χ4v) is 8.17. The van der Waals surface area contributed by atoms with E-state index in [9.17, 15) is 19.0 Å². The number of rotatable bonds is 47. The SMILES string of the molecule is CCCCCCCCCCCCCCCCCCCCCCCCC(=O)OC(COC(=O)CCCCCCCCCCCCCCC)COP(=O)(O)OCC[N+](C)(C)C. The Morgan fingerprint density at radius 2 is 0.763 bits per heavy atom. The molecule has 352 valence electrons. The number of likely N-dealkylation sites (N-methyl/N-ethyl adjacent to an activating group) is 1. The van der Waals surface area contributed by atoms with Crippen LogP contribution in [0.3, 0.4) is 0 Å². The molecule has 2 unspecified atom stereocenters. The fourth-order valence-electron chi connectivity index (χ4n) is 7.43. The third-order valence-corrected chi connectivity index (χ3v) is 12.4. The van der Waals surface area contributed by atoms with Crippen molar-refractivity contribution in [3.8, 4) is 0 Å². The fraction of sp³-hybridized carbons (Fsp3) is 0.959. The zero-order valence-corrected chi connectivity index (χ0v) is 40.7. The second kappa shape index (κ2) is 42.3. The van der Waals surface area contributed by atoms with E-state index in [1.54, 1.807) is 0 Å². The van der Waals surface area contributed by atoms with Crippen LogP contribution in [0.1, 0.15) is 251 Å². The van der Waals surface area contributed by atoms with E-state index in [1.807, 2.05) is 21.1 Å². The van der Waals surface area contributed by atoms with Gasteiger partial charge < -0.3 is 18.9 Å². The summed E-state index contributed by atoms with van der Waals surface area (Å²) in [5.41, 5.74) is 0. The van der Waals surface area contributed by atoms with Gasteiger partial charge in [-0.15, -0.1) is 0 Å². The zero-order chi connectivity index (χ0) is 43.6. The summed E-state index contributed by atoms with van der Waals surface area (Å²) in [6, 6.07) is 0. The highest BCUT2D eigenvalue weighted by Gasteiger charge is 2.27. The van der Waals surface area contributed by atoms with Crippen LogP contribution in [0.25, 0.3) is 0 Å². The lowest BCUT2D eigenvalue weighted by Crippen LogP contribution is -2.37. The topological polar surface area (TPSA) is 108 Å². The lowest BCUT2D eigenvalue weighted by molar-refractivity contribution is -0.870. The molecular formula is C49H99NO8P+. The van der Waals surface area contributed by atoms with Crippen LogP contribution in [0.4, 0.5) is 0 Å². The smallest absolute Gasteiger partial charge is 0.462 e. The number of ether oxygens (including phenoxy) is 2. The number of quaternary nitrogens is 1. The summed E-state index contributed by atoms with van der Waals surface area (Å²) in [6.45, 7) is 4.48. The van der Waals surface area contributed by atoms with Crippen LogP contribution in [0.15, 0.2) is 0 Å². The molecule has 0 aliphatic heterocycles. The average Bonchev–Trinajstić information content (AvgIpc) is 3.19. The molecule has 10 heteroatoms. The Balaban J connectivity index is 4.17. The van der Waals surface area contributed by atoms with Gasteiger partial charge in [-0.25, -0.2) is 4.57 Å². The van der Waals surface area contributed by atoms with Gasteiger partial charge in [-0.3, -0.25) is 18.6 Å². The number of carbonyl (C=O) groups is 2. The third kappa shape index (κ3) is 46.3. The second-order valence-corrected chi connectivity index (χ2v) is 20.0. The molecule has 0 aliphatic carbocycles. The zero-order valence-electron chi connectivity index (χ0n) is 39.8. The number of hydrogen-bond donors (Lipinski definition) is 1. The van der Waals surface area contributed by atoms with Gasteiger partial charge in [0.05, 0.1) is 27.7 Å². The molecule has 59 heavy (non-hydrogen) atoms. The van der Waals surface area contributed by atoms with Crippen LogP contribution >= 0.6 is 7.82 Å². The van der Waals surface area contributed by atoms with Crippen LogP contribution in [0, 0.1) is 0 Å². The van der Waals surface area contributed by atoms with Crippen molar-refractivity contribution >= 4 is 19.8 Å². The van der Waals surface area contributed by atoms with Crippen molar-refractivity contribution in [3.63, 3.8) is 0 Å². The van der Waals surface area contributed by atoms with Gasteiger partial charge in [0.25, 0.3) is 0 Å². The predicted octanol–water partition coefficient (Wildman–Crippen LogP) is 14.8. The first-order valence-corrected chi connectivity index (χ1v) is 26.8. The monoisotopic (exact) mass is 861 g/mol. The molecule has 0 aromatic heterocycles. The highest BCUT2D eigenvalue weighted by Crippen LogP contribution is 2.43. The highest BCUT2D eigenvalue weighted by molar-refractivity contribution is 7.47. The van der Waals surface area contributed by atoms with Crippen molar-refractivity contribution in [2.24, 2.45) is 0 Å². The van der Waals surface area contributed by atoms with Crippen LogP contribution in [-0.4, -0.2) is 74.9 Å². The van der Waals surface area contributed by atoms with Crippen molar-refractivity contribution in [3.05, 3.63) is 0 Å². The average molecular weight is 861 g/mol. The minimum Gasteiger partial charge on any atom is -0.462 e. The number of carbonyl (C=O) groups excluding carboxylic acids is 2. The van der Waals surface area contributed by atoms with Crippen LogP contribution in [-0.2, 0) is 32.7 Å². The van der Waals surface area contributed by atoms with Gasteiger partial charge in [0.2, 0.25) is 0 Å². The van der Waals surface area contributed by atoms with Gasteiger partial charge in [0.1, 0.15) is 19.8 Å². The first-order chi connectivity index (χ1) is 28.5. The van der Waals surface area contributed by atoms with E-state index in [4.69, 9.17) is 18.5 Å². The predicted molar refractivity (Wildman–Crippen MR) is 248 cm³/mol. The Kier molecular flexibility index (Phi) is 41.6. The first kappa shape index (κ1) is 58.0. The molecule has 0 saturated heterocycles. The molecule has 9 nitrogen and oxygen atoms in total. The van der Waals surface area contributed by atoms with E-state index in [-0.39, 0.29) is 25.6 Å². The van der Waals surface area contributed by atoms with E-state index < -0.39 is 26.5 Å². The molecule has 0 radical (unpaired) electrons. The molecule has 0 bridgehead atoms.